The normalized spacial score (nSPS) is 21.5. The van der Waals surface area contributed by atoms with Gasteiger partial charge >= 0.3 is 5.97 Å². The van der Waals surface area contributed by atoms with E-state index in [9.17, 15) is 13.2 Å². The summed E-state index contributed by atoms with van der Waals surface area (Å²) in [7, 11) is -3.52. The Morgan fingerprint density at radius 1 is 1.47 bits per heavy atom. The summed E-state index contributed by atoms with van der Waals surface area (Å²) in [5.41, 5.74) is 0. The number of carbonyl (C=O) groups excluding carboxylic acids is 1. The van der Waals surface area contributed by atoms with E-state index in [0.717, 1.165) is 6.42 Å². The first kappa shape index (κ1) is 14.4. The minimum absolute atomic E-state index is 0.00583. The molecule has 0 saturated carbocycles. The van der Waals surface area contributed by atoms with Gasteiger partial charge in [-0.2, -0.15) is 0 Å². The summed E-state index contributed by atoms with van der Waals surface area (Å²) in [5, 5.41) is 0. The number of hydrogen-bond acceptors (Lipinski definition) is 5. The molecular formula is C11H20O5S. The molecule has 1 rings (SSSR count). The van der Waals surface area contributed by atoms with E-state index >= 15 is 0 Å². The molecule has 1 heterocycles. The lowest BCUT2D eigenvalue weighted by Gasteiger charge is -2.23. The van der Waals surface area contributed by atoms with Crippen molar-refractivity contribution in [3.8, 4) is 0 Å². The van der Waals surface area contributed by atoms with Gasteiger partial charge in [0.1, 0.15) is 0 Å². The minimum atomic E-state index is -3.52. The standard InChI is InChI=1S/C11H20O5S/c1-4-16-10(12)11(2,3)17(13,14)8-9-5-6-15-7-9/h9H,4-8H2,1-3H3/t9-/m1/s1. The fourth-order valence-electron chi connectivity index (χ4n) is 1.67. The van der Waals surface area contributed by atoms with Gasteiger partial charge in [-0.25, -0.2) is 8.42 Å². The van der Waals surface area contributed by atoms with Gasteiger partial charge in [-0.05, 0) is 33.1 Å². The van der Waals surface area contributed by atoms with Crippen molar-refractivity contribution in [2.24, 2.45) is 5.92 Å². The zero-order valence-corrected chi connectivity index (χ0v) is 11.4. The van der Waals surface area contributed by atoms with Gasteiger partial charge in [0.05, 0.1) is 19.0 Å². The summed E-state index contributed by atoms with van der Waals surface area (Å²) < 4.78 is 32.8. The predicted molar refractivity (Wildman–Crippen MR) is 63.4 cm³/mol. The molecule has 0 aromatic carbocycles. The Labute approximate surface area is 102 Å². The first-order valence-electron chi connectivity index (χ1n) is 5.78. The second kappa shape index (κ2) is 5.35. The van der Waals surface area contributed by atoms with E-state index in [1.54, 1.807) is 6.92 Å². The van der Waals surface area contributed by atoms with Crippen LogP contribution in [0.25, 0.3) is 0 Å². The van der Waals surface area contributed by atoms with Crippen LogP contribution < -0.4 is 0 Å². The molecule has 0 bridgehead atoms. The summed E-state index contributed by atoms with van der Waals surface area (Å²) in [6.45, 7) is 5.69. The molecule has 0 aliphatic carbocycles. The lowest BCUT2D eigenvalue weighted by atomic mass is 10.2. The van der Waals surface area contributed by atoms with Crippen molar-refractivity contribution in [1.29, 1.82) is 0 Å². The molecule has 17 heavy (non-hydrogen) atoms. The highest BCUT2D eigenvalue weighted by atomic mass is 32.2. The summed E-state index contributed by atoms with van der Waals surface area (Å²) in [4.78, 5) is 11.7. The fourth-order valence-corrected chi connectivity index (χ4v) is 3.28. The number of ether oxygens (including phenoxy) is 2. The molecule has 0 aromatic heterocycles. The molecule has 0 amide bonds. The van der Waals surface area contributed by atoms with Gasteiger partial charge in [-0.1, -0.05) is 0 Å². The van der Waals surface area contributed by atoms with Crippen LogP contribution in [0.2, 0.25) is 0 Å². The monoisotopic (exact) mass is 264 g/mol. The molecule has 1 fully saturated rings. The quantitative estimate of drug-likeness (QED) is 0.686. The average Bonchev–Trinajstić information content (AvgIpc) is 2.69. The SMILES string of the molecule is CCOC(=O)C(C)(C)S(=O)(=O)C[C@@H]1CCOC1. The van der Waals surface area contributed by atoms with Crippen molar-refractivity contribution in [3.63, 3.8) is 0 Å². The Morgan fingerprint density at radius 3 is 2.59 bits per heavy atom. The maximum Gasteiger partial charge on any atom is 0.326 e. The zero-order chi connectivity index (χ0) is 13.1. The van der Waals surface area contributed by atoms with Gasteiger partial charge in [0.25, 0.3) is 0 Å². The number of rotatable bonds is 5. The number of hydrogen-bond donors (Lipinski definition) is 0. The molecule has 0 aromatic rings. The van der Waals surface area contributed by atoms with Crippen LogP contribution in [0.1, 0.15) is 27.2 Å². The van der Waals surface area contributed by atoms with E-state index in [1.165, 1.54) is 13.8 Å². The number of sulfone groups is 1. The summed E-state index contributed by atoms with van der Waals surface area (Å²) in [6, 6.07) is 0. The molecule has 0 N–H and O–H groups in total. The minimum Gasteiger partial charge on any atom is -0.465 e. The summed E-state index contributed by atoms with van der Waals surface area (Å²) >= 11 is 0. The lowest BCUT2D eigenvalue weighted by molar-refractivity contribution is -0.145. The number of carbonyl (C=O) groups is 1. The van der Waals surface area contributed by atoms with Crippen molar-refractivity contribution in [2.45, 2.75) is 31.9 Å². The highest BCUT2D eigenvalue weighted by Crippen LogP contribution is 2.24. The fraction of sp³-hybridized carbons (Fsp3) is 0.909. The van der Waals surface area contributed by atoms with Gasteiger partial charge in [-0.3, -0.25) is 4.79 Å². The van der Waals surface area contributed by atoms with E-state index in [0.29, 0.717) is 13.2 Å². The Balaban J connectivity index is 2.76. The van der Waals surface area contributed by atoms with Crippen molar-refractivity contribution >= 4 is 15.8 Å². The lowest BCUT2D eigenvalue weighted by Crippen LogP contribution is -2.44. The third kappa shape index (κ3) is 3.19. The molecule has 0 spiro atoms. The molecule has 5 nitrogen and oxygen atoms in total. The van der Waals surface area contributed by atoms with Crippen LogP contribution >= 0.6 is 0 Å². The Bertz CT molecular complexity index is 365. The van der Waals surface area contributed by atoms with Crippen molar-refractivity contribution in [1.82, 2.24) is 0 Å². The highest BCUT2D eigenvalue weighted by Gasteiger charge is 2.44. The van der Waals surface area contributed by atoms with Crippen LogP contribution in [-0.2, 0) is 24.1 Å². The third-order valence-electron chi connectivity index (χ3n) is 3.02. The van der Waals surface area contributed by atoms with Crippen LogP contribution in [0, 0.1) is 5.92 Å². The van der Waals surface area contributed by atoms with E-state index in [1.807, 2.05) is 0 Å². The molecule has 6 heteroatoms. The van der Waals surface area contributed by atoms with E-state index in [2.05, 4.69) is 0 Å². The van der Waals surface area contributed by atoms with Gasteiger partial charge in [0.2, 0.25) is 0 Å². The van der Waals surface area contributed by atoms with Crippen LogP contribution in [0.15, 0.2) is 0 Å². The maximum absolute atomic E-state index is 12.2. The maximum atomic E-state index is 12.2. The smallest absolute Gasteiger partial charge is 0.326 e. The topological polar surface area (TPSA) is 69.7 Å². The van der Waals surface area contributed by atoms with Gasteiger partial charge in [-0.15, -0.1) is 0 Å². The molecule has 0 radical (unpaired) electrons. The number of esters is 1. The Kier molecular flexibility index (Phi) is 4.55. The highest BCUT2D eigenvalue weighted by molar-refractivity contribution is 7.93. The summed E-state index contributed by atoms with van der Waals surface area (Å²) in [5.74, 6) is -0.702. The van der Waals surface area contributed by atoms with Crippen molar-refractivity contribution < 1.29 is 22.7 Å². The molecule has 0 unspecified atom stereocenters. The first-order valence-corrected chi connectivity index (χ1v) is 7.43. The van der Waals surface area contributed by atoms with Crippen LogP contribution in [0.5, 0.6) is 0 Å². The predicted octanol–water partition coefficient (Wildman–Crippen LogP) is 0.779. The van der Waals surface area contributed by atoms with Gasteiger partial charge in [0.15, 0.2) is 14.6 Å². The first-order chi connectivity index (χ1) is 7.81. The molecule has 1 saturated heterocycles. The second-order valence-corrected chi connectivity index (χ2v) is 7.33. The molecule has 1 aliphatic heterocycles. The van der Waals surface area contributed by atoms with Crippen LogP contribution in [-0.4, -0.2) is 44.7 Å². The van der Waals surface area contributed by atoms with Gasteiger partial charge in [0, 0.05) is 6.61 Å². The molecule has 1 atom stereocenters. The molecule has 100 valence electrons. The van der Waals surface area contributed by atoms with E-state index in [-0.39, 0.29) is 18.3 Å². The summed E-state index contributed by atoms with van der Waals surface area (Å²) in [6.07, 6.45) is 0.734. The van der Waals surface area contributed by atoms with E-state index < -0.39 is 20.6 Å². The average molecular weight is 264 g/mol. The third-order valence-corrected chi connectivity index (χ3v) is 5.66. The second-order valence-electron chi connectivity index (χ2n) is 4.74. The zero-order valence-electron chi connectivity index (χ0n) is 10.6. The Morgan fingerprint density at radius 2 is 2.12 bits per heavy atom. The van der Waals surface area contributed by atoms with Crippen LogP contribution in [0.4, 0.5) is 0 Å². The van der Waals surface area contributed by atoms with Crippen LogP contribution in [0.3, 0.4) is 0 Å². The Hall–Kier alpha value is -0.620. The van der Waals surface area contributed by atoms with Gasteiger partial charge < -0.3 is 9.47 Å². The van der Waals surface area contributed by atoms with Crippen molar-refractivity contribution in [3.05, 3.63) is 0 Å². The van der Waals surface area contributed by atoms with E-state index in [4.69, 9.17) is 9.47 Å². The van der Waals surface area contributed by atoms with Crippen molar-refractivity contribution in [2.75, 3.05) is 25.6 Å². The molecule has 1 aliphatic rings. The largest absolute Gasteiger partial charge is 0.465 e. The molecular weight excluding hydrogens is 244 g/mol.